The molecule has 0 unspecified atom stereocenters. The van der Waals surface area contributed by atoms with Crippen molar-refractivity contribution >= 4 is 31.6 Å². The average molecular weight is 377 g/mol. The molecule has 0 radical (unpaired) electrons. The summed E-state index contributed by atoms with van der Waals surface area (Å²) in [6.45, 7) is 4.23. The molecule has 0 spiro atoms. The second-order valence-corrected chi connectivity index (χ2v) is 8.34. The van der Waals surface area contributed by atoms with Crippen LogP contribution in [0.3, 0.4) is 0 Å². The molecule has 1 aromatic carbocycles. The Morgan fingerprint density at radius 1 is 1.43 bits per heavy atom. The van der Waals surface area contributed by atoms with Crippen molar-refractivity contribution in [2.75, 3.05) is 6.54 Å². The molecule has 1 aliphatic rings. The maximum atomic E-state index is 12.8. The number of nitrogens with zero attached hydrogens (tertiary/aromatic N) is 2. The number of halogens is 1. The van der Waals surface area contributed by atoms with Crippen LogP contribution in [0.1, 0.15) is 26.7 Å². The molecule has 0 heterocycles. The number of nitro benzene ring substituents is 1. The highest BCUT2D eigenvalue weighted by molar-refractivity contribution is 9.10. The van der Waals surface area contributed by atoms with Gasteiger partial charge in [0.05, 0.1) is 4.92 Å². The molecule has 2 rings (SSSR count). The van der Waals surface area contributed by atoms with Gasteiger partial charge < -0.3 is 0 Å². The minimum Gasteiger partial charge on any atom is -0.258 e. The fraction of sp³-hybridized carbons (Fsp3) is 0.538. The molecule has 0 aliphatic heterocycles. The van der Waals surface area contributed by atoms with Gasteiger partial charge in [0.2, 0.25) is 10.0 Å². The first-order chi connectivity index (χ1) is 9.73. The van der Waals surface area contributed by atoms with Crippen molar-refractivity contribution in [2.24, 2.45) is 5.92 Å². The minimum absolute atomic E-state index is 0.0315. The molecular weight excluding hydrogens is 360 g/mol. The van der Waals surface area contributed by atoms with Gasteiger partial charge in [-0.3, -0.25) is 10.1 Å². The van der Waals surface area contributed by atoms with E-state index < -0.39 is 14.9 Å². The Kier molecular flexibility index (Phi) is 4.69. The molecule has 0 saturated heterocycles. The molecule has 6 nitrogen and oxygen atoms in total. The fourth-order valence-electron chi connectivity index (χ4n) is 2.14. The Hall–Kier alpha value is -0.990. The first kappa shape index (κ1) is 16.4. The van der Waals surface area contributed by atoms with Crippen LogP contribution < -0.4 is 0 Å². The zero-order valence-corrected chi connectivity index (χ0v) is 14.2. The lowest BCUT2D eigenvalue weighted by atomic mass is 10.2. The highest BCUT2D eigenvalue weighted by Gasteiger charge is 2.41. The van der Waals surface area contributed by atoms with Gasteiger partial charge in [-0.15, -0.1) is 0 Å². The standard InChI is InChI=1S/C13H17BrN2O4S/c1-9(2)8-15(11-4-5-11)21(19,20)13-7-10(14)3-6-12(13)16(17)18/h3,6-7,9,11H,4-5,8H2,1-2H3. The molecule has 0 atom stereocenters. The van der Waals surface area contributed by atoms with E-state index in [4.69, 9.17) is 0 Å². The molecule has 21 heavy (non-hydrogen) atoms. The van der Waals surface area contributed by atoms with Crippen molar-refractivity contribution in [1.82, 2.24) is 4.31 Å². The molecule has 8 heteroatoms. The summed E-state index contributed by atoms with van der Waals surface area (Å²) in [4.78, 5) is 10.2. The van der Waals surface area contributed by atoms with E-state index in [2.05, 4.69) is 15.9 Å². The quantitative estimate of drug-likeness (QED) is 0.563. The van der Waals surface area contributed by atoms with Crippen LogP contribution in [-0.4, -0.2) is 30.2 Å². The maximum absolute atomic E-state index is 12.8. The summed E-state index contributed by atoms with van der Waals surface area (Å²) >= 11 is 3.18. The summed E-state index contributed by atoms with van der Waals surface area (Å²) < 4.78 is 27.6. The van der Waals surface area contributed by atoms with Gasteiger partial charge in [-0.25, -0.2) is 8.42 Å². The lowest BCUT2D eigenvalue weighted by molar-refractivity contribution is -0.387. The van der Waals surface area contributed by atoms with E-state index >= 15 is 0 Å². The van der Waals surface area contributed by atoms with Gasteiger partial charge in [0.1, 0.15) is 0 Å². The van der Waals surface area contributed by atoms with E-state index in [1.165, 1.54) is 22.5 Å². The predicted octanol–water partition coefficient (Wildman–Crippen LogP) is 3.17. The summed E-state index contributed by atoms with van der Waals surface area (Å²) in [6.07, 6.45) is 1.63. The zero-order chi connectivity index (χ0) is 15.8. The predicted molar refractivity (Wildman–Crippen MR) is 82.5 cm³/mol. The molecule has 1 saturated carbocycles. The molecule has 0 amide bonds. The molecule has 1 aliphatic carbocycles. The van der Waals surface area contributed by atoms with Crippen molar-refractivity contribution in [3.8, 4) is 0 Å². The van der Waals surface area contributed by atoms with E-state index in [-0.39, 0.29) is 22.5 Å². The number of nitro groups is 1. The summed E-state index contributed by atoms with van der Waals surface area (Å²) in [5.74, 6) is 0.159. The van der Waals surface area contributed by atoms with E-state index in [1.807, 2.05) is 13.8 Å². The SMILES string of the molecule is CC(C)CN(C1CC1)S(=O)(=O)c1cc(Br)ccc1[N+](=O)[O-]. The van der Waals surface area contributed by atoms with Gasteiger partial charge >= 0.3 is 0 Å². The van der Waals surface area contributed by atoms with Gasteiger partial charge in [-0.05, 0) is 30.9 Å². The number of benzene rings is 1. The van der Waals surface area contributed by atoms with Crippen LogP contribution in [0.15, 0.2) is 27.6 Å². The van der Waals surface area contributed by atoms with Crippen molar-refractivity contribution in [1.29, 1.82) is 0 Å². The van der Waals surface area contributed by atoms with Crippen LogP contribution >= 0.6 is 15.9 Å². The number of hydrogen-bond donors (Lipinski definition) is 0. The van der Waals surface area contributed by atoms with E-state index in [1.54, 1.807) is 0 Å². The van der Waals surface area contributed by atoms with Crippen LogP contribution in [0.2, 0.25) is 0 Å². The topological polar surface area (TPSA) is 80.5 Å². The lowest BCUT2D eigenvalue weighted by Gasteiger charge is -2.23. The second kappa shape index (κ2) is 6.02. The van der Waals surface area contributed by atoms with Crippen molar-refractivity contribution < 1.29 is 13.3 Å². The summed E-state index contributed by atoms with van der Waals surface area (Å²) in [5.41, 5.74) is -0.382. The Labute approximate surface area is 132 Å². The number of rotatable bonds is 6. The van der Waals surface area contributed by atoms with Gasteiger partial charge in [-0.1, -0.05) is 29.8 Å². The highest BCUT2D eigenvalue weighted by atomic mass is 79.9. The molecule has 116 valence electrons. The third-order valence-electron chi connectivity index (χ3n) is 3.20. The van der Waals surface area contributed by atoms with Crippen molar-refractivity contribution in [3.63, 3.8) is 0 Å². The smallest absolute Gasteiger partial charge is 0.258 e. The molecule has 0 N–H and O–H groups in total. The monoisotopic (exact) mass is 376 g/mol. The number of sulfonamides is 1. The first-order valence-electron chi connectivity index (χ1n) is 6.69. The van der Waals surface area contributed by atoms with Gasteiger partial charge in [0.15, 0.2) is 4.90 Å². The molecule has 0 bridgehead atoms. The normalized spacial score (nSPS) is 15.7. The maximum Gasteiger partial charge on any atom is 0.289 e. The summed E-state index contributed by atoms with van der Waals surface area (Å²) in [6, 6.07) is 3.97. The molecule has 1 fully saturated rings. The van der Waals surface area contributed by atoms with Crippen LogP contribution in [0.4, 0.5) is 5.69 Å². The highest BCUT2D eigenvalue weighted by Crippen LogP contribution is 2.36. The van der Waals surface area contributed by atoms with E-state index in [0.29, 0.717) is 11.0 Å². The summed E-state index contributed by atoms with van der Waals surface area (Å²) in [7, 11) is -3.87. The molecule has 0 aromatic heterocycles. The Morgan fingerprint density at radius 3 is 2.52 bits per heavy atom. The van der Waals surface area contributed by atoms with Crippen LogP contribution in [0.5, 0.6) is 0 Å². The first-order valence-corrected chi connectivity index (χ1v) is 8.92. The van der Waals surface area contributed by atoms with Gasteiger partial charge in [-0.2, -0.15) is 4.31 Å². The molecule has 1 aromatic rings. The second-order valence-electron chi connectivity index (χ2n) is 5.57. The van der Waals surface area contributed by atoms with Gasteiger partial charge in [0, 0.05) is 23.1 Å². The Bertz CT molecular complexity index is 656. The van der Waals surface area contributed by atoms with Crippen LogP contribution in [0.25, 0.3) is 0 Å². The van der Waals surface area contributed by atoms with Gasteiger partial charge in [0.25, 0.3) is 5.69 Å². The summed E-state index contributed by atoms with van der Waals surface area (Å²) in [5, 5.41) is 11.1. The van der Waals surface area contributed by atoms with Crippen LogP contribution in [-0.2, 0) is 10.0 Å². The van der Waals surface area contributed by atoms with E-state index in [0.717, 1.165) is 12.8 Å². The largest absolute Gasteiger partial charge is 0.289 e. The fourth-order valence-corrected chi connectivity index (χ4v) is 4.68. The third kappa shape index (κ3) is 3.61. The lowest BCUT2D eigenvalue weighted by Crippen LogP contribution is -2.36. The average Bonchev–Trinajstić information content (AvgIpc) is 3.19. The Morgan fingerprint density at radius 2 is 2.05 bits per heavy atom. The Balaban J connectivity index is 2.51. The molecular formula is C13H17BrN2O4S. The minimum atomic E-state index is -3.87. The van der Waals surface area contributed by atoms with Crippen molar-refractivity contribution in [2.45, 2.75) is 37.6 Å². The number of hydrogen-bond acceptors (Lipinski definition) is 4. The van der Waals surface area contributed by atoms with E-state index in [9.17, 15) is 18.5 Å². The van der Waals surface area contributed by atoms with Crippen molar-refractivity contribution in [3.05, 3.63) is 32.8 Å². The zero-order valence-electron chi connectivity index (χ0n) is 11.8. The third-order valence-corrected chi connectivity index (χ3v) is 5.65. The van der Waals surface area contributed by atoms with Crippen LogP contribution in [0, 0.1) is 16.0 Å².